The molecule has 6 nitrogen and oxygen atoms in total. The van der Waals surface area contributed by atoms with E-state index in [0.717, 1.165) is 6.07 Å². The number of carbonyl (C=O) groups excluding carboxylic acids is 2. The van der Waals surface area contributed by atoms with Crippen LogP contribution in [0, 0.1) is 10.1 Å². The summed E-state index contributed by atoms with van der Waals surface area (Å²) in [5.74, 6) is -0.820. The van der Waals surface area contributed by atoms with E-state index in [2.05, 4.69) is 21.2 Å². The monoisotopic (exact) mass is 396 g/mol. The zero-order chi connectivity index (χ0) is 17.0. The van der Waals surface area contributed by atoms with Crippen molar-refractivity contribution in [3.63, 3.8) is 0 Å². The topological polar surface area (TPSA) is 89.3 Å². The molecule has 0 saturated carbocycles. The first-order valence-corrected chi connectivity index (χ1v) is 7.87. The largest absolute Gasteiger partial charge is 0.325 e. The van der Waals surface area contributed by atoms with Gasteiger partial charge in [0.25, 0.3) is 5.69 Å². The van der Waals surface area contributed by atoms with E-state index in [1.165, 1.54) is 24.3 Å². The molecule has 1 amide bonds. The first kappa shape index (κ1) is 17.1. The van der Waals surface area contributed by atoms with E-state index < -0.39 is 10.7 Å². The molecule has 0 fully saturated rings. The first-order valence-electron chi connectivity index (χ1n) is 6.37. The number of nitrogens with zero attached hydrogens (tertiary/aromatic N) is 1. The highest BCUT2D eigenvalue weighted by molar-refractivity contribution is 9.09. The Morgan fingerprint density at radius 2 is 1.83 bits per heavy atom. The maximum Gasteiger partial charge on any atom is 0.270 e. The molecule has 0 aromatic heterocycles. The predicted molar refractivity (Wildman–Crippen MR) is 90.4 cm³/mol. The molecule has 118 valence electrons. The Kier molecular flexibility index (Phi) is 5.46. The van der Waals surface area contributed by atoms with Crippen LogP contribution in [0.1, 0.15) is 15.9 Å². The fourth-order valence-electron chi connectivity index (χ4n) is 1.88. The molecule has 0 aliphatic carbocycles. The molecule has 23 heavy (non-hydrogen) atoms. The van der Waals surface area contributed by atoms with Crippen LogP contribution in [0.2, 0.25) is 5.02 Å². The summed E-state index contributed by atoms with van der Waals surface area (Å²) in [5, 5.41) is 14.0. The Morgan fingerprint density at radius 3 is 2.39 bits per heavy atom. The number of nitrogens with one attached hydrogen (secondary N) is 1. The van der Waals surface area contributed by atoms with Crippen molar-refractivity contribution in [3.05, 3.63) is 68.7 Å². The van der Waals surface area contributed by atoms with Crippen LogP contribution in [0.3, 0.4) is 0 Å². The Hall–Kier alpha value is -2.25. The summed E-state index contributed by atoms with van der Waals surface area (Å²) >= 11 is 8.79. The molecule has 0 aliphatic rings. The Balaban J connectivity index is 2.49. The van der Waals surface area contributed by atoms with Crippen molar-refractivity contribution in [1.29, 1.82) is 0 Å². The van der Waals surface area contributed by atoms with Crippen molar-refractivity contribution in [1.82, 2.24) is 0 Å². The molecule has 0 heterocycles. The fraction of sp³-hybridized carbons (Fsp3) is 0.0667. The van der Waals surface area contributed by atoms with E-state index in [-0.39, 0.29) is 28.2 Å². The average molecular weight is 398 g/mol. The maximum atomic E-state index is 12.6. The molecule has 0 atom stereocenters. The smallest absolute Gasteiger partial charge is 0.270 e. The first-order chi connectivity index (χ1) is 10.9. The number of ketones is 1. The van der Waals surface area contributed by atoms with Crippen molar-refractivity contribution in [3.8, 4) is 0 Å². The standard InChI is InChI=1S/C15H10BrClN2O4/c16-8-14(20)18-13-6-5-11(19(22)23)7-12(13)15(21)9-1-3-10(17)4-2-9/h1-7H,8H2,(H,18,20). The van der Waals surface area contributed by atoms with Crippen LogP contribution in [-0.2, 0) is 4.79 Å². The van der Waals surface area contributed by atoms with Gasteiger partial charge >= 0.3 is 0 Å². The van der Waals surface area contributed by atoms with E-state index in [1.807, 2.05) is 0 Å². The highest BCUT2D eigenvalue weighted by atomic mass is 79.9. The number of nitro groups is 1. The van der Waals surface area contributed by atoms with Gasteiger partial charge in [-0.15, -0.1) is 0 Å². The van der Waals surface area contributed by atoms with Crippen LogP contribution in [0.4, 0.5) is 11.4 Å². The highest BCUT2D eigenvalue weighted by Crippen LogP contribution is 2.25. The normalized spacial score (nSPS) is 10.2. The van der Waals surface area contributed by atoms with Crippen molar-refractivity contribution in [2.24, 2.45) is 0 Å². The lowest BCUT2D eigenvalue weighted by Crippen LogP contribution is -2.16. The molecule has 8 heteroatoms. The van der Waals surface area contributed by atoms with Gasteiger partial charge in [-0.3, -0.25) is 19.7 Å². The number of alkyl halides is 1. The molecular weight excluding hydrogens is 388 g/mol. The SMILES string of the molecule is O=C(CBr)Nc1ccc([N+](=O)[O-])cc1C(=O)c1ccc(Cl)cc1. The number of halogens is 2. The van der Waals surface area contributed by atoms with Gasteiger partial charge in [-0.1, -0.05) is 27.5 Å². The molecule has 0 aliphatic heterocycles. The molecule has 1 N–H and O–H groups in total. The van der Waals surface area contributed by atoms with E-state index in [4.69, 9.17) is 11.6 Å². The molecule has 2 aromatic rings. The van der Waals surface area contributed by atoms with Crippen LogP contribution >= 0.6 is 27.5 Å². The van der Waals surface area contributed by atoms with E-state index in [9.17, 15) is 19.7 Å². The van der Waals surface area contributed by atoms with Gasteiger partial charge in [0, 0.05) is 22.7 Å². The Labute approximate surface area is 144 Å². The molecule has 0 saturated heterocycles. The van der Waals surface area contributed by atoms with Crippen LogP contribution in [-0.4, -0.2) is 21.9 Å². The van der Waals surface area contributed by atoms with Gasteiger partial charge in [0.05, 0.1) is 21.5 Å². The lowest BCUT2D eigenvalue weighted by Gasteiger charge is -2.10. The average Bonchev–Trinajstić information content (AvgIpc) is 2.55. The zero-order valence-electron chi connectivity index (χ0n) is 11.6. The number of hydrogen-bond donors (Lipinski definition) is 1. The van der Waals surface area contributed by atoms with Gasteiger partial charge in [0.1, 0.15) is 0 Å². The molecule has 0 bridgehead atoms. The molecule has 0 radical (unpaired) electrons. The van der Waals surface area contributed by atoms with Gasteiger partial charge in [0.15, 0.2) is 5.78 Å². The highest BCUT2D eigenvalue weighted by Gasteiger charge is 2.19. The molecule has 2 aromatic carbocycles. The van der Waals surface area contributed by atoms with Crippen LogP contribution in [0.15, 0.2) is 42.5 Å². The quantitative estimate of drug-likeness (QED) is 0.359. The second kappa shape index (κ2) is 7.34. The summed E-state index contributed by atoms with van der Waals surface area (Å²) in [5.41, 5.74) is 0.319. The third-order valence-corrected chi connectivity index (χ3v) is 3.72. The summed E-state index contributed by atoms with van der Waals surface area (Å²) < 4.78 is 0. The number of hydrogen-bond acceptors (Lipinski definition) is 4. The summed E-state index contributed by atoms with van der Waals surface area (Å²) in [7, 11) is 0. The van der Waals surface area contributed by atoms with Crippen LogP contribution < -0.4 is 5.32 Å². The van der Waals surface area contributed by atoms with Gasteiger partial charge < -0.3 is 5.32 Å². The van der Waals surface area contributed by atoms with Crippen LogP contribution in [0.25, 0.3) is 0 Å². The van der Waals surface area contributed by atoms with Gasteiger partial charge in [-0.25, -0.2) is 0 Å². The van der Waals surface area contributed by atoms with Crippen molar-refractivity contribution in [2.45, 2.75) is 0 Å². The third-order valence-electron chi connectivity index (χ3n) is 2.96. The lowest BCUT2D eigenvalue weighted by atomic mass is 10.0. The van der Waals surface area contributed by atoms with Crippen molar-refractivity contribution < 1.29 is 14.5 Å². The Bertz CT molecular complexity index is 778. The zero-order valence-corrected chi connectivity index (χ0v) is 13.9. The summed E-state index contributed by atoms with van der Waals surface area (Å²) in [6.07, 6.45) is 0. The number of nitro benzene ring substituents is 1. The second-order valence-corrected chi connectivity index (χ2v) is 5.50. The van der Waals surface area contributed by atoms with Crippen molar-refractivity contribution >= 4 is 50.6 Å². The number of carbonyl (C=O) groups is 2. The number of non-ortho nitro benzene ring substituents is 1. The minimum Gasteiger partial charge on any atom is -0.325 e. The van der Waals surface area contributed by atoms with Gasteiger partial charge in [0.2, 0.25) is 5.91 Å². The van der Waals surface area contributed by atoms with E-state index in [0.29, 0.717) is 10.6 Å². The number of rotatable bonds is 5. The Morgan fingerprint density at radius 1 is 1.17 bits per heavy atom. The minimum absolute atomic E-state index is 0.0378. The minimum atomic E-state index is -0.602. The van der Waals surface area contributed by atoms with Crippen molar-refractivity contribution in [2.75, 3.05) is 10.6 Å². The fourth-order valence-corrected chi connectivity index (χ4v) is 2.15. The number of benzene rings is 2. The lowest BCUT2D eigenvalue weighted by molar-refractivity contribution is -0.384. The number of amides is 1. The number of anilines is 1. The molecule has 0 unspecified atom stereocenters. The molecular formula is C15H10BrClN2O4. The second-order valence-electron chi connectivity index (χ2n) is 4.50. The molecule has 0 spiro atoms. The van der Waals surface area contributed by atoms with E-state index in [1.54, 1.807) is 12.1 Å². The molecule has 2 rings (SSSR count). The van der Waals surface area contributed by atoms with E-state index >= 15 is 0 Å². The third kappa shape index (κ3) is 4.14. The summed E-state index contributed by atoms with van der Waals surface area (Å²) in [6, 6.07) is 9.82. The summed E-state index contributed by atoms with van der Waals surface area (Å²) in [4.78, 5) is 34.5. The maximum absolute atomic E-state index is 12.6. The predicted octanol–water partition coefficient (Wildman–Crippen LogP) is 3.81. The van der Waals surface area contributed by atoms with Gasteiger partial charge in [-0.2, -0.15) is 0 Å². The summed E-state index contributed by atoms with van der Waals surface area (Å²) in [6.45, 7) is 0. The van der Waals surface area contributed by atoms with Gasteiger partial charge in [-0.05, 0) is 30.3 Å². The van der Waals surface area contributed by atoms with Crippen LogP contribution in [0.5, 0.6) is 0 Å².